The number of nitrogens with zero attached hydrogens (tertiary/aromatic N) is 3. The molecule has 2 aromatic rings. The van der Waals surface area contributed by atoms with Crippen molar-refractivity contribution in [2.24, 2.45) is 0 Å². The maximum atomic E-state index is 12.0. The largest absolute Gasteiger partial charge is 0.356 e. The summed E-state index contributed by atoms with van der Waals surface area (Å²) in [5.74, 6) is 0.581. The van der Waals surface area contributed by atoms with E-state index in [-0.39, 0.29) is 5.91 Å². The van der Waals surface area contributed by atoms with Crippen molar-refractivity contribution < 1.29 is 4.79 Å². The molecule has 0 bridgehead atoms. The van der Waals surface area contributed by atoms with Gasteiger partial charge in [-0.25, -0.2) is 9.97 Å². The van der Waals surface area contributed by atoms with Gasteiger partial charge in [-0.1, -0.05) is 30.3 Å². The van der Waals surface area contributed by atoms with Gasteiger partial charge in [-0.05, 0) is 19.4 Å². The zero-order valence-corrected chi connectivity index (χ0v) is 12.4. The fourth-order valence-electron chi connectivity index (χ4n) is 2.02. The number of aromatic nitrogens is 2. The number of hydrogen-bond acceptors (Lipinski definition) is 4. The van der Waals surface area contributed by atoms with Crippen molar-refractivity contribution in [3.8, 4) is 0 Å². The summed E-state index contributed by atoms with van der Waals surface area (Å²) >= 11 is 0. The van der Waals surface area contributed by atoms with Crippen LogP contribution < -0.4 is 10.2 Å². The highest BCUT2D eigenvalue weighted by molar-refractivity contribution is 5.91. The van der Waals surface area contributed by atoms with E-state index in [2.05, 4.69) is 34.0 Å². The van der Waals surface area contributed by atoms with Crippen LogP contribution in [0.25, 0.3) is 0 Å². The highest BCUT2D eigenvalue weighted by Crippen LogP contribution is 2.08. The summed E-state index contributed by atoms with van der Waals surface area (Å²) in [6.07, 6.45) is 3.17. The smallest absolute Gasteiger partial charge is 0.271 e. The van der Waals surface area contributed by atoms with Crippen LogP contribution in [0.5, 0.6) is 0 Å². The van der Waals surface area contributed by atoms with Crippen molar-refractivity contribution >= 4 is 11.7 Å². The van der Waals surface area contributed by atoms with Crippen LogP contribution in [-0.4, -0.2) is 29.0 Å². The van der Waals surface area contributed by atoms with Crippen molar-refractivity contribution in [1.29, 1.82) is 0 Å². The van der Waals surface area contributed by atoms with E-state index in [1.165, 1.54) is 6.20 Å². The van der Waals surface area contributed by atoms with Gasteiger partial charge in [0.25, 0.3) is 5.91 Å². The second kappa shape index (κ2) is 7.38. The van der Waals surface area contributed by atoms with Crippen LogP contribution in [0, 0.1) is 0 Å². The molecule has 0 aliphatic heterocycles. The Bertz CT molecular complexity index is 565. The van der Waals surface area contributed by atoms with Crippen molar-refractivity contribution in [3.63, 3.8) is 0 Å². The summed E-state index contributed by atoms with van der Waals surface area (Å²) in [7, 11) is 0. The van der Waals surface area contributed by atoms with E-state index in [9.17, 15) is 4.79 Å². The molecule has 0 radical (unpaired) electrons. The summed E-state index contributed by atoms with van der Waals surface area (Å²) in [5.41, 5.74) is 1.39. The summed E-state index contributed by atoms with van der Waals surface area (Å²) in [5, 5.41) is 2.84. The van der Waals surface area contributed by atoms with Crippen LogP contribution >= 0.6 is 0 Å². The molecule has 5 nitrogen and oxygen atoms in total. The van der Waals surface area contributed by atoms with Crippen molar-refractivity contribution in [3.05, 3.63) is 54.0 Å². The van der Waals surface area contributed by atoms with Gasteiger partial charge in [0.1, 0.15) is 11.5 Å². The molecule has 5 heteroatoms. The Hall–Kier alpha value is -2.43. The van der Waals surface area contributed by atoms with E-state index in [1.54, 1.807) is 6.20 Å². The highest BCUT2D eigenvalue weighted by atomic mass is 16.1. The Balaban J connectivity index is 1.97. The first-order valence-electron chi connectivity index (χ1n) is 7.13. The van der Waals surface area contributed by atoms with Gasteiger partial charge in [0.05, 0.1) is 12.4 Å². The molecule has 1 N–H and O–H groups in total. The number of anilines is 1. The molecular weight excluding hydrogens is 264 g/mol. The Morgan fingerprint density at radius 2 is 1.81 bits per heavy atom. The summed E-state index contributed by atoms with van der Waals surface area (Å²) in [4.78, 5) is 22.6. The maximum absolute atomic E-state index is 12.0. The molecule has 1 aromatic carbocycles. The number of amides is 1. The molecule has 1 aromatic heterocycles. The zero-order chi connectivity index (χ0) is 15.1. The molecule has 0 unspecified atom stereocenters. The first-order valence-corrected chi connectivity index (χ1v) is 7.13. The van der Waals surface area contributed by atoms with Gasteiger partial charge in [-0.15, -0.1) is 0 Å². The van der Waals surface area contributed by atoms with Gasteiger partial charge in [0.2, 0.25) is 0 Å². The number of carbonyl (C=O) groups excluding carboxylic acids is 1. The fourth-order valence-corrected chi connectivity index (χ4v) is 2.02. The molecule has 1 heterocycles. The number of benzene rings is 1. The maximum Gasteiger partial charge on any atom is 0.271 e. The number of rotatable bonds is 6. The van der Waals surface area contributed by atoms with Crippen LogP contribution in [0.1, 0.15) is 29.9 Å². The molecule has 2 rings (SSSR count). The molecule has 0 spiro atoms. The van der Waals surface area contributed by atoms with Crippen molar-refractivity contribution in [2.45, 2.75) is 20.4 Å². The monoisotopic (exact) mass is 284 g/mol. The number of hydrogen-bond donors (Lipinski definition) is 1. The molecule has 0 atom stereocenters. The Morgan fingerprint density at radius 3 is 2.38 bits per heavy atom. The van der Waals surface area contributed by atoms with E-state index < -0.39 is 0 Å². The Morgan fingerprint density at radius 1 is 1.10 bits per heavy atom. The predicted molar refractivity (Wildman–Crippen MR) is 83.2 cm³/mol. The summed E-state index contributed by atoms with van der Waals surface area (Å²) in [6, 6.07) is 9.77. The minimum Gasteiger partial charge on any atom is -0.356 e. The average Bonchev–Trinajstić information content (AvgIpc) is 2.55. The lowest BCUT2D eigenvalue weighted by Gasteiger charge is -2.18. The fraction of sp³-hybridized carbons (Fsp3) is 0.312. The van der Waals surface area contributed by atoms with Gasteiger partial charge in [0.15, 0.2) is 0 Å². The molecular formula is C16H20N4O. The van der Waals surface area contributed by atoms with Crippen LogP contribution in [-0.2, 0) is 6.54 Å². The molecule has 110 valence electrons. The minimum absolute atomic E-state index is 0.211. The van der Waals surface area contributed by atoms with Gasteiger partial charge in [-0.2, -0.15) is 0 Å². The average molecular weight is 284 g/mol. The van der Waals surface area contributed by atoms with E-state index in [1.807, 2.05) is 30.3 Å². The topological polar surface area (TPSA) is 58.1 Å². The van der Waals surface area contributed by atoms with Crippen LogP contribution in [0.3, 0.4) is 0 Å². The zero-order valence-electron chi connectivity index (χ0n) is 12.4. The first-order chi connectivity index (χ1) is 10.2. The van der Waals surface area contributed by atoms with Gasteiger partial charge in [-0.3, -0.25) is 4.79 Å². The summed E-state index contributed by atoms with van der Waals surface area (Å²) in [6.45, 7) is 6.34. The van der Waals surface area contributed by atoms with Crippen LogP contribution in [0.15, 0.2) is 42.7 Å². The molecule has 0 saturated carbocycles. The Kier molecular flexibility index (Phi) is 5.26. The summed E-state index contributed by atoms with van der Waals surface area (Å²) < 4.78 is 0. The molecule has 0 aliphatic rings. The van der Waals surface area contributed by atoms with E-state index in [0.29, 0.717) is 12.2 Å². The van der Waals surface area contributed by atoms with E-state index in [0.717, 1.165) is 24.5 Å². The van der Waals surface area contributed by atoms with Gasteiger partial charge >= 0.3 is 0 Å². The number of carbonyl (C=O) groups is 1. The van der Waals surface area contributed by atoms with Crippen LogP contribution in [0.4, 0.5) is 5.82 Å². The third-order valence-electron chi connectivity index (χ3n) is 3.25. The molecule has 1 amide bonds. The quantitative estimate of drug-likeness (QED) is 0.884. The van der Waals surface area contributed by atoms with E-state index in [4.69, 9.17) is 0 Å². The standard InChI is InChI=1S/C16H20N4O/c1-3-20(4-2)15-12-17-14(11-18-15)16(21)19-10-13-8-6-5-7-9-13/h5-9,11-12H,3-4,10H2,1-2H3,(H,19,21). The predicted octanol–water partition coefficient (Wildman–Crippen LogP) is 2.25. The molecule has 0 saturated heterocycles. The Labute approximate surface area is 125 Å². The second-order valence-electron chi connectivity index (χ2n) is 4.60. The lowest BCUT2D eigenvalue weighted by atomic mass is 10.2. The third kappa shape index (κ3) is 4.02. The van der Waals surface area contributed by atoms with Gasteiger partial charge in [0, 0.05) is 19.6 Å². The van der Waals surface area contributed by atoms with Crippen molar-refractivity contribution in [2.75, 3.05) is 18.0 Å². The van der Waals surface area contributed by atoms with Gasteiger partial charge < -0.3 is 10.2 Å². The van der Waals surface area contributed by atoms with Crippen molar-refractivity contribution in [1.82, 2.24) is 15.3 Å². The number of nitrogens with one attached hydrogen (secondary N) is 1. The molecule has 0 fully saturated rings. The normalized spacial score (nSPS) is 10.2. The lowest BCUT2D eigenvalue weighted by molar-refractivity contribution is 0.0945. The molecule has 0 aliphatic carbocycles. The highest BCUT2D eigenvalue weighted by Gasteiger charge is 2.09. The minimum atomic E-state index is -0.211. The SMILES string of the molecule is CCN(CC)c1cnc(C(=O)NCc2ccccc2)cn1. The third-order valence-corrected chi connectivity index (χ3v) is 3.25. The lowest BCUT2D eigenvalue weighted by Crippen LogP contribution is -2.26. The first kappa shape index (κ1) is 15.0. The van der Waals surface area contributed by atoms with Crippen LogP contribution in [0.2, 0.25) is 0 Å². The van der Waals surface area contributed by atoms with E-state index >= 15 is 0 Å². The molecule has 21 heavy (non-hydrogen) atoms. The second-order valence-corrected chi connectivity index (χ2v) is 4.60.